The van der Waals surface area contributed by atoms with Crippen LogP contribution in [-0.4, -0.2) is 4.98 Å². The van der Waals surface area contributed by atoms with Crippen molar-refractivity contribution in [2.75, 3.05) is 0 Å². The summed E-state index contributed by atoms with van der Waals surface area (Å²) in [5, 5.41) is 2.44. The molecule has 109 valence electrons. The average molecular weight is 453 g/mol. The van der Waals surface area contributed by atoms with Crippen LogP contribution in [0.3, 0.4) is 0 Å². The molecule has 1 nitrogen and oxygen atoms in total. The number of hydrogen-bond acceptors (Lipinski definition) is 1. The molecule has 0 unspecified atom stereocenters. The Bertz CT molecular complexity index is 739. The van der Waals surface area contributed by atoms with Crippen LogP contribution in [0, 0.1) is 6.07 Å². The Morgan fingerprint density at radius 1 is 0.952 bits per heavy atom. The van der Waals surface area contributed by atoms with E-state index in [0.29, 0.717) is 0 Å². The van der Waals surface area contributed by atoms with E-state index in [-0.39, 0.29) is 25.5 Å². The van der Waals surface area contributed by atoms with Crippen LogP contribution in [0.4, 0.5) is 0 Å². The van der Waals surface area contributed by atoms with E-state index in [1.165, 1.54) is 16.3 Å². The van der Waals surface area contributed by atoms with Crippen molar-refractivity contribution in [1.29, 1.82) is 0 Å². The predicted octanol–water partition coefficient (Wildman–Crippen LogP) is 5.00. The summed E-state index contributed by atoms with van der Waals surface area (Å²) in [6.45, 7) is 6.60. The van der Waals surface area contributed by atoms with Crippen molar-refractivity contribution in [3.8, 4) is 11.3 Å². The fourth-order valence-corrected chi connectivity index (χ4v) is 2.27. The zero-order valence-corrected chi connectivity index (χ0v) is 14.9. The third-order valence-corrected chi connectivity index (χ3v) is 3.58. The van der Waals surface area contributed by atoms with Crippen LogP contribution in [0.2, 0.25) is 0 Å². The topological polar surface area (TPSA) is 12.9 Å². The Labute approximate surface area is 139 Å². The van der Waals surface area contributed by atoms with E-state index in [9.17, 15) is 0 Å². The van der Waals surface area contributed by atoms with Gasteiger partial charge in [-0.05, 0) is 16.7 Å². The first-order valence-electron chi connectivity index (χ1n) is 6.91. The quantitative estimate of drug-likeness (QED) is 0.474. The molecule has 0 saturated carbocycles. The number of pyridine rings is 1. The summed E-state index contributed by atoms with van der Waals surface area (Å²) in [4.78, 5) is 4.59. The molecule has 1 radical (unpaired) electrons. The van der Waals surface area contributed by atoms with Crippen LogP contribution >= 0.6 is 0 Å². The van der Waals surface area contributed by atoms with Gasteiger partial charge in [0.15, 0.2) is 0 Å². The van der Waals surface area contributed by atoms with E-state index >= 15 is 0 Å². The molecule has 2 heteroatoms. The number of rotatable bonds is 1. The summed E-state index contributed by atoms with van der Waals surface area (Å²) >= 11 is 0. The van der Waals surface area contributed by atoms with Gasteiger partial charge in [0.1, 0.15) is 0 Å². The predicted molar refractivity (Wildman–Crippen MR) is 84.7 cm³/mol. The molecule has 0 aliphatic carbocycles. The van der Waals surface area contributed by atoms with Crippen LogP contribution in [-0.2, 0) is 25.5 Å². The van der Waals surface area contributed by atoms with E-state index in [2.05, 4.69) is 68.2 Å². The van der Waals surface area contributed by atoms with E-state index < -0.39 is 0 Å². The van der Waals surface area contributed by atoms with Crippen molar-refractivity contribution in [3.63, 3.8) is 0 Å². The SMILES string of the molecule is CC(C)(C)c1ccc(-c2[c-]cc3ccccc3c2)nc1.[Ir]. The van der Waals surface area contributed by atoms with Crippen molar-refractivity contribution in [2.24, 2.45) is 0 Å². The van der Waals surface area contributed by atoms with Gasteiger partial charge in [-0.25, -0.2) is 0 Å². The van der Waals surface area contributed by atoms with E-state index in [4.69, 9.17) is 0 Å². The summed E-state index contributed by atoms with van der Waals surface area (Å²) in [6, 6.07) is 20.1. The minimum atomic E-state index is 0. The molecule has 0 spiro atoms. The third-order valence-electron chi connectivity index (χ3n) is 3.58. The monoisotopic (exact) mass is 453 g/mol. The molecule has 21 heavy (non-hydrogen) atoms. The molecule has 0 fully saturated rings. The number of benzene rings is 2. The van der Waals surface area contributed by atoms with Gasteiger partial charge in [0.2, 0.25) is 0 Å². The fourth-order valence-electron chi connectivity index (χ4n) is 2.27. The Kier molecular flexibility index (Phi) is 4.61. The van der Waals surface area contributed by atoms with Crippen LogP contribution in [0.5, 0.6) is 0 Å². The number of aromatic nitrogens is 1. The molecule has 0 N–H and O–H groups in total. The molecule has 0 amide bonds. The van der Waals surface area contributed by atoms with Gasteiger partial charge in [0, 0.05) is 26.3 Å². The van der Waals surface area contributed by atoms with Gasteiger partial charge in [0.25, 0.3) is 0 Å². The van der Waals surface area contributed by atoms with E-state index in [1.54, 1.807) is 0 Å². The third kappa shape index (κ3) is 3.40. The summed E-state index contributed by atoms with van der Waals surface area (Å²) in [6.07, 6.45) is 1.97. The minimum Gasteiger partial charge on any atom is -0.304 e. The van der Waals surface area contributed by atoms with E-state index in [0.717, 1.165) is 11.3 Å². The Morgan fingerprint density at radius 3 is 2.29 bits per heavy atom. The van der Waals surface area contributed by atoms with Crippen molar-refractivity contribution < 1.29 is 20.1 Å². The normalized spacial score (nSPS) is 11.2. The second-order valence-electron chi connectivity index (χ2n) is 6.16. The molecule has 2 aromatic carbocycles. The molecule has 0 bridgehead atoms. The van der Waals surface area contributed by atoms with Gasteiger partial charge >= 0.3 is 0 Å². The van der Waals surface area contributed by atoms with Gasteiger partial charge in [-0.1, -0.05) is 62.6 Å². The molecule has 0 aliphatic rings. The standard InChI is InChI=1S/C19H18N.Ir/c1-19(2,3)17-10-11-18(20-13-17)16-9-8-14-6-4-5-7-15(14)12-16;/h4-8,10-13H,1-3H3;/q-1;. The number of fused-ring (bicyclic) bond motifs is 1. The maximum atomic E-state index is 4.59. The Balaban J connectivity index is 0.00000161. The Morgan fingerprint density at radius 2 is 1.67 bits per heavy atom. The summed E-state index contributed by atoms with van der Waals surface area (Å²) in [5.41, 5.74) is 3.41. The smallest absolute Gasteiger partial charge is 0.0198 e. The molecule has 0 aliphatic heterocycles. The van der Waals surface area contributed by atoms with Crippen LogP contribution in [0.15, 0.2) is 54.7 Å². The van der Waals surface area contributed by atoms with Gasteiger partial charge in [-0.3, -0.25) is 0 Å². The average Bonchev–Trinajstić information content (AvgIpc) is 2.46. The van der Waals surface area contributed by atoms with Crippen molar-refractivity contribution in [3.05, 3.63) is 66.4 Å². The minimum absolute atomic E-state index is 0. The molecule has 3 aromatic rings. The van der Waals surface area contributed by atoms with Crippen LogP contribution in [0.25, 0.3) is 22.0 Å². The zero-order valence-electron chi connectivity index (χ0n) is 12.5. The number of hydrogen-bond donors (Lipinski definition) is 0. The summed E-state index contributed by atoms with van der Waals surface area (Å²) < 4.78 is 0. The van der Waals surface area contributed by atoms with Crippen molar-refractivity contribution in [1.82, 2.24) is 4.98 Å². The first kappa shape index (κ1) is 15.9. The van der Waals surface area contributed by atoms with Gasteiger partial charge in [-0.2, -0.15) is 0 Å². The molecular weight excluding hydrogens is 434 g/mol. The first-order chi connectivity index (χ1) is 9.54. The summed E-state index contributed by atoms with van der Waals surface area (Å²) in [5.74, 6) is 0. The summed E-state index contributed by atoms with van der Waals surface area (Å²) in [7, 11) is 0. The number of nitrogens with zero attached hydrogens (tertiary/aromatic N) is 1. The second-order valence-corrected chi connectivity index (χ2v) is 6.16. The fraction of sp³-hybridized carbons (Fsp3) is 0.211. The maximum absolute atomic E-state index is 4.59. The molecule has 1 heterocycles. The van der Waals surface area contributed by atoms with Crippen molar-refractivity contribution in [2.45, 2.75) is 26.2 Å². The van der Waals surface area contributed by atoms with Gasteiger partial charge in [-0.15, -0.1) is 29.1 Å². The molecular formula is C19H18IrN-. The van der Waals surface area contributed by atoms with E-state index in [1.807, 2.05) is 18.3 Å². The molecule has 1 aromatic heterocycles. The largest absolute Gasteiger partial charge is 0.304 e. The maximum Gasteiger partial charge on any atom is 0.0198 e. The van der Waals surface area contributed by atoms with Crippen LogP contribution < -0.4 is 0 Å². The van der Waals surface area contributed by atoms with Crippen molar-refractivity contribution >= 4 is 10.8 Å². The molecule has 0 saturated heterocycles. The second kappa shape index (κ2) is 6.09. The van der Waals surface area contributed by atoms with Gasteiger partial charge in [0.05, 0.1) is 0 Å². The first-order valence-corrected chi connectivity index (χ1v) is 6.91. The van der Waals surface area contributed by atoms with Crippen LogP contribution in [0.1, 0.15) is 26.3 Å². The van der Waals surface area contributed by atoms with Gasteiger partial charge < -0.3 is 4.98 Å². The Hall–Kier alpha value is -1.50. The zero-order chi connectivity index (χ0) is 14.2. The molecule has 0 atom stereocenters. The molecule has 3 rings (SSSR count).